The van der Waals surface area contributed by atoms with Gasteiger partial charge >= 0.3 is 0 Å². The fourth-order valence-corrected chi connectivity index (χ4v) is 2.63. The molecular weight excluding hydrogens is 252 g/mol. The molecule has 0 aliphatic rings. The molecular formula is C11H14N4O2S. The van der Waals surface area contributed by atoms with Crippen LogP contribution in [-0.4, -0.2) is 18.6 Å². The molecule has 0 aliphatic carbocycles. The Hall–Kier alpha value is -1.86. The van der Waals surface area contributed by atoms with Gasteiger partial charge in [-0.15, -0.1) is 0 Å². The third-order valence-corrected chi connectivity index (χ3v) is 3.66. The number of nitrogens with one attached hydrogen (secondary N) is 2. The molecule has 18 heavy (non-hydrogen) atoms. The van der Waals surface area contributed by atoms with Crippen LogP contribution < -0.4 is 10.5 Å². The van der Waals surface area contributed by atoms with Gasteiger partial charge in [-0.2, -0.15) is 5.10 Å². The maximum atomic E-state index is 11.8. The van der Waals surface area contributed by atoms with Gasteiger partial charge in [0.05, 0.1) is 11.9 Å². The normalized spacial score (nSPS) is 11.6. The number of rotatable bonds is 5. The summed E-state index contributed by atoms with van der Waals surface area (Å²) in [6.45, 7) is 0.223. The number of nitrogen functional groups attached to an aromatic ring is 1. The lowest BCUT2D eigenvalue weighted by molar-refractivity contribution is 0.580. The molecule has 0 unspecified atom stereocenters. The SMILES string of the molecule is Nc1cccc(CS(=O)(=O)NCc2cn[nH]c2)c1. The number of nitrogens with two attached hydrogens (primary N) is 1. The van der Waals surface area contributed by atoms with Gasteiger partial charge in [0.2, 0.25) is 10.0 Å². The zero-order valence-corrected chi connectivity index (χ0v) is 10.4. The van der Waals surface area contributed by atoms with E-state index in [0.717, 1.165) is 5.56 Å². The highest BCUT2D eigenvalue weighted by molar-refractivity contribution is 7.88. The second-order valence-electron chi connectivity index (χ2n) is 3.93. The Kier molecular flexibility index (Phi) is 3.63. The molecule has 0 atom stereocenters. The highest BCUT2D eigenvalue weighted by Crippen LogP contribution is 2.10. The fraction of sp³-hybridized carbons (Fsp3) is 0.182. The molecule has 0 bridgehead atoms. The van der Waals surface area contributed by atoms with Crippen LogP contribution in [0.2, 0.25) is 0 Å². The number of hydrogen-bond donors (Lipinski definition) is 3. The molecule has 1 aromatic carbocycles. The predicted molar refractivity (Wildman–Crippen MR) is 68.9 cm³/mol. The van der Waals surface area contributed by atoms with Crippen LogP contribution in [0.5, 0.6) is 0 Å². The van der Waals surface area contributed by atoms with E-state index in [4.69, 9.17) is 5.73 Å². The van der Waals surface area contributed by atoms with Crippen molar-refractivity contribution in [3.05, 3.63) is 47.8 Å². The Labute approximate surface area is 105 Å². The van der Waals surface area contributed by atoms with Gasteiger partial charge in [0.25, 0.3) is 0 Å². The molecule has 7 heteroatoms. The number of sulfonamides is 1. The van der Waals surface area contributed by atoms with E-state index in [9.17, 15) is 8.42 Å². The molecule has 4 N–H and O–H groups in total. The summed E-state index contributed by atoms with van der Waals surface area (Å²) >= 11 is 0. The highest BCUT2D eigenvalue weighted by atomic mass is 32.2. The van der Waals surface area contributed by atoms with Crippen LogP contribution in [0.1, 0.15) is 11.1 Å². The fourth-order valence-electron chi connectivity index (χ4n) is 1.52. The van der Waals surface area contributed by atoms with E-state index in [1.54, 1.807) is 36.7 Å². The van der Waals surface area contributed by atoms with Crippen molar-refractivity contribution in [2.75, 3.05) is 5.73 Å². The molecule has 0 amide bonds. The summed E-state index contributed by atoms with van der Waals surface area (Å²) in [4.78, 5) is 0. The van der Waals surface area contributed by atoms with Crippen molar-refractivity contribution in [2.45, 2.75) is 12.3 Å². The number of aromatic nitrogens is 2. The molecule has 2 rings (SSSR count). The number of aromatic amines is 1. The van der Waals surface area contributed by atoms with E-state index in [1.165, 1.54) is 0 Å². The topological polar surface area (TPSA) is 101 Å². The summed E-state index contributed by atoms with van der Waals surface area (Å²) in [5, 5.41) is 6.36. The van der Waals surface area contributed by atoms with Gasteiger partial charge in [0.1, 0.15) is 0 Å². The molecule has 1 heterocycles. The lowest BCUT2D eigenvalue weighted by atomic mass is 10.2. The molecule has 0 fully saturated rings. The Balaban J connectivity index is 1.99. The van der Waals surface area contributed by atoms with Gasteiger partial charge in [-0.05, 0) is 17.7 Å². The molecule has 6 nitrogen and oxygen atoms in total. The van der Waals surface area contributed by atoms with E-state index >= 15 is 0 Å². The van der Waals surface area contributed by atoms with Crippen molar-refractivity contribution in [1.29, 1.82) is 0 Å². The minimum Gasteiger partial charge on any atom is -0.399 e. The average molecular weight is 266 g/mol. The summed E-state index contributed by atoms with van der Waals surface area (Å²) < 4.78 is 26.1. The van der Waals surface area contributed by atoms with Crippen LogP contribution in [-0.2, 0) is 22.3 Å². The molecule has 0 saturated carbocycles. The quantitative estimate of drug-likeness (QED) is 0.690. The number of nitrogens with zero attached hydrogens (tertiary/aromatic N) is 1. The Morgan fingerprint density at radius 1 is 1.33 bits per heavy atom. The molecule has 96 valence electrons. The first-order chi connectivity index (χ1) is 8.55. The van der Waals surface area contributed by atoms with Crippen LogP contribution in [0.15, 0.2) is 36.7 Å². The Morgan fingerprint density at radius 2 is 2.17 bits per heavy atom. The van der Waals surface area contributed by atoms with Gasteiger partial charge in [0, 0.05) is 24.0 Å². The molecule has 2 aromatic rings. The van der Waals surface area contributed by atoms with Crippen LogP contribution in [0.25, 0.3) is 0 Å². The molecule has 0 spiro atoms. The van der Waals surface area contributed by atoms with E-state index in [1.807, 2.05) is 0 Å². The molecule has 0 radical (unpaired) electrons. The maximum absolute atomic E-state index is 11.8. The van der Waals surface area contributed by atoms with Crippen molar-refractivity contribution in [1.82, 2.24) is 14.9 Å². The van der Waals surface area contributed by atoms with Gasteiger partial charge < -0.3 is 5.73 Å². The monoisotopic (exact) mass is 266 g/mol. The zero-order chi connectivity index (χ0) is 13.0. The van der Waals surface area contributed by atoms with Crippen molar-refractivity contribution in [3.8, 4) is 0 Å². The standard InChI is InChI=1S/C11H14N4O2S/c12-11-3-1-2-9(4-11)8-18(16,17)15-7-10-5-13-14-6-10/h1-6,15H,7-8,12H2,(H,13,14). The van der Waals surface area contributed by atoms with Gasteiger partial charge in [0.15, 0.2) is 0 Å². The van der Waals surface area contributed by atoms with Crippen LogP contribution in [0.4, 0.5) is 5.69 Å². The number of H-pyrrole nitrogens is 1. The van der Waals surface area contributed by atoms with Crippen LogP contribution >= 0.6 is 0 Å². The number of anilines is 1. The third kappa shape index (κ3) is 3.57. The van der Waals surface area contributed by atoms with Crippen LogP contribution in [0, 0.1) is 0 Å². The van der Waals surface area contributed by atoms with E-state index in [-0.39, 0.29) is 12.3 Å². The molecule has 0 aliphatic heterocycles. The summed E-state index contributed by atoms with van der Waals surface area (Å²) in [5.74, 6) is -0.0874. The smallest absolute Gasteiger partial charge is 0.216 e. The predicted octanol–water partition coefficient (Wildman–Crippen LogP) is 0.611. The van der Waals surface area contributed by atoms with Crippen LogP contribution in [0.3, 0.4) is 0 Å². The summed E-state index contributed by atoms with van der Waals surface area (Å²) in [7, 11) is -3.37. The minimum absolute atomic E-state index is 0.0874. The first-order valence-electron chi connectivity index (χ1n) is 5.34. The van der Waals surface area contributed by atoms with Crippen molar-refractivity contribution in [2.24, 2.45) is 0 Å². The number of benzene rings is 1. The van der Waals surface area contributed by atoms with Gasteiger partial charge in [-0.3, -0.25) is 5.10 Å². The molecule has 1 aromatic heterocycles. The van der Waals surface area contributed by atoms with Gasteiger partial charge in [-0.25, -0.2) is 13.1 Å². The second kappa shape index (κ2) is 5.19. The van der Waals surface area contributed by atoms with E-state index in [0.29, 0.717) is 11.3 Å². The maximum Gasteiger partial charge on any atom is 0.216 e. The first-order valence-corrected chi connectivity index (χ1v) is 7.00. The lowest BCUT2D eigenvalue weighted by Gasteiger charge is -2.06. The highest BCUT2D eigenvalue weighted by Gasteiger charge is 2.11. The van der Waals surface area contributed by atoms with Gasteiger partial charge in [-0.1, -0.05) is 12.1 Å². The Bertz CT molecular complexity index is 608. The zero-order valence-electron chi connectivity index (χ0n) is 9.63. The van der Waals surface area contributed by atoms with E-state index in [2.05, 4.69) is 14.9 Å². The molecule has 0 saturated heterocycles. The first kappa shape index (κ1) is 12.6. The summed E-state index contributed by atoms with van der Waals surface area (Å²) in [6, 6.07) is 6.83. The number of hydrogen-bond acceptors (Lipinski definition) is 4. The summed E-state index contributed by atoms with van der Waals surface area (Å²) in [5.41, 5.74) is 7.60. The largest absolute Gasteiger partial charge is 0.399 e. The van der Waals surface area contributed by atoms with Crippen molar-refractivity contribution in [3.63, 3.8) is 0 Å². The van der Waals surface area contributed by atoms with Crippen molar-refractivity contribution >= 4 is 15.7 Å². The Morgan fingerprint density at radius 3 is 2.83 bits per heavy atom. The lowest BCUT2D eigenvalue weighted by Crippen LogP contribution is -2.24. The second-order valence-corrected chi connectivity index (χ2v) is 5.74. The summed E-state index contributed by atoms with van der Waals surface area (Å²) in [6.07, 6.45) is 3.21. The average Bonchev–Trinajstić information content (AvgIpc) is 2.78. The minimum atomic E-state index is -3.37. The third-order valence-electron chi connectivity index (χ3n) is 2.36. The van der Waals surface area contributed by atoms with E-state index < -0.39 is 10.0 Å². The van der Waals surface area contributed by atoms with Crippen molar-refractivity contribution < 1.29 is 8.42 Å².